The van der Waals surface area contributed by atoms with Crippen molar-refractivity contribution in [1.82, 2.24) is 9.97 Å². The lowest BCUT2D eigenvalue weighted by atomic mass is 9.81. The van der Waals surface area contributed by atoms with Crippen LogP contribution in [0.5, 0.6) is 0 Å². The maximum absolute atomic E-state index is 6.97. The van der Waals surface area contributed by atoms with Crippen LogP contribution in [0.25, 0.3) is 0 Å². The first kappa shape index (κ1) is 16.8. The summed E-state index contributed by atoms with van der Waals surface area (Å²) in [5.41, 5.74) is 10.9. The summed E-state index contributed by atoms with van der Waals surface area (Å²) in [5.74, 6) is 3.20. The minimum Gasteiger partial charge on any atom is -0.321 e. The first-order chi connectivity index (χ1) is 12.7. The van der Waals surface area contributed by atoms with Gasteiger partial charge in [0.15, 0.2) is 0 Å². The summed E-state index contributed by atoms with van der Waals surface area (Å²) < 4.78 is 0. The van der Waals surface area contributed by atoms with Crippen LogP contribution in [0.3, 0.4) is 0 Å². The van der Waals surface area contributed by atoms with Gasteiger partial charge in [0.05, 0.1) is 11.9 Å². The van der Waals surface area contributed by atoms with Gasteiger partial charge in [-0.25, -0.2) is 4.98 Å². The van der Waals surface area contributed by atoms with Crippen molar-refractivity contribution >= 4 is 11.8 Å². The zero-order valence-corrected chi connectivity index (χ0v) is 16.0. The van der Waals surface area contributed by atoms with E-state index in [4.69, 9.17) is 10.7 Å². The highest BCUT2D eigenvalue weighted by Gasteiger charge is 2.45. The van der Waals surface area contributed by atoms with Gasteiger partial charge in [-0.15, -0.1) is 11.8 Å². The Hall–Kier alpha value is -1.39. The van der Waals surface area contributed by atoms with Crippen LogP contribution < -0.4 is 5.73 Å². The molecule has 3 aliphatic carbocycles. The standard InChI is InChI=1S/C22H27N3S/c23-22-10-9-16(7-8-18(22)11-17-3-1-2-4-19(17)22)20-12-25-21(13-24-20)26-14-15-5-6-15/h1-4,12-13,15-16,18H,5-11,14,23H2/t16-,18?,22+/m0/s1. The normalized spacial score (nSPS) is 30.5. The number of benzene rings is 1. The molecule has 2 saturated carbocycles. The van der Waals surface area contributed by atoms with Gasteiger partial charge in [-0.05, 0) is 67.9 Å². The third kappa shape index (κ3) is 3.07. The topological polar surface area (TPSA) is 51.8 Å². The maximum Gasteiger partial charge on any atom is 0.114 e. The minimum atomic E-state index is -0.140. The zero-order chi connectivity index (χ0) is 17.6. The average molecular weight is 366 g/mol. The Labute approximate surface area is 160 Å². The molecule has 2 N–H and O–H groups in total. The van der Waals surface area contributed by atoms with E-state index in [1.54, 1.807) is 0 Å². The van der Waals surface area contributed by atoms with Crippen LogP contribution in [0.15, 0.2) is 41.7 Å². The lowest BCUT2D eigenvalue weighted by molar-refractivity contribution is 0.283. The molecule has 0 radical (unpaired) electrons. The fourth-order valence-corrected chi connectivity index (χ4v) is 5.87. The first-order valence-electron chi connectivity index (χ1n) is 10.0. The van der Waals surface area contributed by atoms with Crippen LogP contribution in [0, 0.1) is 11.8 Å². The molecule has 3 atom stereocenters. The Morgan fingerprint density at radius 2 is 1.92 bits per heavy atom. The molecule has 2 fully saturated rings. The number of nitrogens with two attached hydrogens (primary N) is 1. The molecular formula is C22H27N3S. The van der Waals surface area contributed by atoms with Crippen molar-refractivity contribution in [2.24, 2.45) is 17.6 Å². The van der Waals surface area contributed by atoms with Gasteiger partial charge >= 0.3 is 0 Å². The molecule has 4 heteroatoms. The summed E-state index contributed by atoms with van der Waals surface area (Å²) in [4.78, 5) is 9.46. The summed E-state index contributed by atoms with van der Waals surface area (Å²) in [6.07, 6.45) is 12.5. The van der Waals surface area contributed by atoms with Gasteiger partial charge in [0, 0.05) is 23.4 Å². The second-order valence-electron chi connectivity index (χ2n) is 8.45. The fourth-order valence-electron chi connectivity index (χ4n) is 4.87. The molecule has 0 saturated heterocycles. The van der Waals surface area contributed by atoms with E-state index < -0.39 is 0 Å². The zero-order valence-electron chi connectivity index (χ0n) is 15.2. The number of fused-ring (bicyclic) bond motifs is 3. The molecule has 26 heavy (non-hydrogen) atoms. The highest BCUT2D eigenvalue weighted by atomic mass is 32.2. The van der Waals surface area contributed by atoms with Crippen LogP contribution in [0.4, 0.5) is 0 Å². The number of aromatic nitrogens is 2. The van der Waals surface area contributed by atoms with Gasteiger partial charge in [-0.3, -0.25) is 4.98 Å². The third-order valence-corrected chi connectivity index (χ3v) is 7.86. The Balaban J connectivity index is 1.29. The molecule has 3 nitrogen and oxygen atoms in total. The molecule has 3 aliphatic rings. The van der Waals surface area contributed by atoms with Crippen molar-refractivity contribution in [1.29, 1.82) is 0 Å². The number of rotatable bonds is 4. The van der Waals surface area contributed by atoms with E-state index in [9.17, 15) is 0 Å². The molecular weight excluding hydrogens is 338 g/mol. The second-order valence-corrected chi connectivity index (χ2v) is 9.49. The van der Waals surface area contributed by atoms with Crippen molar-refractivity contribution < 1.29 is 0 Å². The third-order valence-electron chi connectivity index (χ3n) is 6.71. The monoisotopic (exact) mass is 365 g/mol. The Morgan fingerprint density at radius 1 is 1.04 bits per heavy atom. The van der Waals surface area contributed by atoms with Crippen molar-refractivity contribution in [3.63, 3.8) is 0 Å². The number of hydrogen-bond acceptors (Lipinski definition) is 4. The van der Waals surface area contributed by atoms with E-state index in [1.165, 1.54) is 42.6 Å². The maximum atomic E-state index is 6.97. The largest absolute Gasteiger partial charge is 0.321 e. The summed E-state index contributed by atoms with van der Waals surface area (Å²) >= 11 is 1.86. The lowest BCUT2D eigenvalue weighted by Crippen LogP contribution is -2.40. The minimum absolute atomic E-state index is 0.140. The van der Waals surface area contributed by atoms with E-state index >= 15 is 0 Å². The quantitative estimate of drug-likeness (QED) is 0.801. The molecule has 1 aromatic heterocycles. The number of thioether (sulfide) groups is 1. The summed E-state index contributed by atoms with van der Waals surface area (Å²) in [6.45, 7) is 0. The van der Waals surface area contributed by atoms with Crippen LogP contribution in [-0.2, 0) is 12.0 Å². The van der Waals surface area contributed by atoms with Gasteiger partial charge in [0.2, 0.25) is 0 Å². The van der Waals surface area contributed by atoms with Gasteiger partial charge in [0.25, 0.3) is 0 Å². The molecule has 136 valence electrons. The number of hydrogen-bond donors (Lipinski definition) is 1. The van der Waals surface area contributed by atoms with Gasteiger partial charge in [0.1, 0.15) is 5.03 Å². The molecule has 2 aromatic rings. The van der Waals surface area contributed by atoms with Crippen molar-refractivity contribution in [3.05, 3.63) is 53.5 Å². The average Bonchev–Trinajstić information content (AvgIpc) is 3.47. The first-order valence-corrected chi connectivity index (χ1v) is 11.0. The molecule has 0 aliphatic heterocycles. The van der Waals surface area contributed by atoms with E-state index in [0.29, 0.717) is 11.8 Å². The SMILES string of the molecule is N[C@]12CC[C@@H](c3cnc(SCC4CC4)cn3)CCC1Cc1ccccc12. The van der Waals surface area contributed by atoms with E-state index in [0.717, 1.165) is 35.9 Å². The van der Waals surface area contributed by atoms with Crippen molar-refractivity contribution in [3.8, 4) is 0 Å². The smallest absolute Gasteiger partial charge is 0.114 e. The van der Waals surface area contributed by atoms with E-state index in [2.05, 4.69) is 29.2 Å². The van der Waals surface area contributed by atoms with Gasteiger partial charge in [-0.1, -0.05) is 24.3 Å². The highest BCUT2D eigenvalue weighted by Crippen LogP contribution is 2.49. The van der Waals surface area contributed by atoms with Crippen LogP contribution >= 0.6 is 11.8 Å². The Bertz CT molecular complexity index is 786. The molecule has 5 rings (SSSR count). The summed E-state index contributed by atoms with van der Waals surface area (Å²) in [5, 5.41) is 1.08. The van der Waals surface area contributed by atoms with Crippen molar-refractivity contribution in [2.45, 2.75) is 61.4 Å². The molecule has 0 bridgehead atoms. The molecule has 1 aromatic carbocycles. The van der Waals surface area contributed by atoms with Gasteiger partial charge < -0.3 is 5.73 Å². The molecule has 0 spiro atoms. The highest BCUT2D eigenvalue weighted by molar-refractivity contribution is 7.99. The van der Waals surface area contributed by atoms with E-state index in [-0.39, 0.29) is 5.54 Å². The predicted octanol–water partition coefficient (Wildman–Crippen LogP) is 4.66. The fraction of sp³-hybridized carbons (Fsp3) is 0.545. The molecule has 1 unspecified atom stereocenters. The number of nitrogens with zero attached hydrogens (tertiary/aromatic N) is 2. The molecule has 0 amide bonds. The van der Waals surface area contributed by atoms with Crippen LogP contribution in [0.1, 0.15) is 61.3 Å². The summed E-state index contributed by atoms with van der Waals surface area (Å²) in [7, 11) is 0. The Morgan fingerprint density at radius 3 is 2.73 bits per heavy atom. The molecule has 1 heterocycles. The van der Waals surface area contributed by atoms with Crippen LogP contribution in [0.2, 0.25) is 0 Å². The van der Waals surface area contributed by atoms with E-state index in [1.807, 2.05) is 24.2 Å². The van der Waals surface area contributed by atoms with Crippen molar-refractivity contribution in [2.75, 3.05) is 5.75 Å². The summed E-state index contributed by atoms with van der Waals surface area (Å²) in [6, 6.07) is 8.80. The van der Waals surface area contributed by atoms with Gasteiger partial charge in [-0.2, -0.15) is 0 Å². The predicted molar refractivity (Wildman–Crippen MR) is 106 cm³/mol. The Kier molecular flexibility index (Phi) is 4.29. The lowest BCUT2D eigenvalue weighted by Gasteiger charge is -2.31. The second kappa shape index (κ2) is 6.65. The van der Waals surface area contributed by atoms with Crippen LogP contribution in [-0.4, -0.2) is 15.7 Å².